The molecule has 0 spiro atoms. The summed E-state index contributed by atoms with van der Waals surface area (Å²) >= 11 is 0. The third-order valence-electron chi connectivity index (χ3n) is 0.408. The molecule has 0 radical (unpaired) electrons. The molecule has 8 heavy (non-hydrogen) atoms. The molecule has 3 nitrogen and oxygen atoms in total. The van der Waals surface area contributed by atoms with Crippen LogP contribution in [0.4, 0.5) is 0 Å². The first kappa shape index (κ1) is 7.14. The van der Waals surface area contributed by atoms with Gasteiger partial charge in [0.25, 0.3) is 0 Å². The Balaban J connectivity index is 3.76. The first-order valence-corrected chi connectivity index (χ1v) is 2.44. The van der Waals surface area contributed by atoms with Gasteiger partial charge in [0, 0.05) is 5.71 Å². The summed E-state index contributed by atoms with van der Waals surface area (Å²) in [6.45, 7) is 5.44. The van der Waals surface area contributed by atoms with Crippen molar-refractivity contribution in [2.45, 2.75) is 20.8 Å². The molecule has 46 valence electrons. The van der Waals surface area contributed by atoms with Crippen molar-refractivity contribution in [3.63, 3.8) is 0 Å². The molecule has 0 aliphatic heterocycles. The van der Waals surface area contributed by atoms with Crippen LogP contribution in [-0.2, 0) is 0 Å². The SMILES string of the molecule is CC(C)=N/N=C(\C)N. The van der Waals surface area contributed by atoms with Gasteiger partial charge in [-0.25, -0.2) is 0 Å². The normalized spacial score (nSPS) is 11.1. The zero-order valence-corrected chi connectivity index (χ0v) is 5.47. The highest BCUT2D eigenvalue weighted by Crippen LogP contribution is 1.75. The maximum Gasteiger partial charge on any atom is 0.119 e. The van der Waals surface area contributed by atoms with E-state index >= 15 is 0 Å². The number of rotatable bonds is 1. The fourth-order valence-electron chi connectivity index (χ4n) is 0.179. The average Bonchev–Trinajstić information content (AvgIpc) is 1.61. The minimum atomic E-state index is 0.492. The van der Waals surface area contributed by atoms with Gasteiger partial charge in [0.2, 0.25) is 0 Å². The summed E-state index contributed by atoms with van der Waals surface area (Å²) < 4.78 is 0. The molecule has 0 aliphatic rings. The molecular weight excluding hydrogens is 102 g/mol. The minimum absolute atomic E-state index is 0.492. The summed E-state index contributed by atoms with van der Waals surface area (Å²) in [7, 11) is 0. The van der Waals surface area contributed by atoms with E-state index < -0.39 is 0 Å². The molecule has 0 saturated heterocycles. The first-order chi connectivity index (χ1) is 3.63. The van der Waals surface area contributed by atoms with E-state index in [-0.39, 0.29) is 0 Å². The maximum absolute atomic E-state index is 5.18. The van der Waals surface area contributed by atoms with E-state index in [9.17, 15) is 0 Å². The van der Waals surface area contributed by atoms with Gasteiger partial charge in [0.05, 0.1) is 0 Å². The number of nitrogens with zero attached hydrogens (tertiary/aromatic N) is 2. The van der Waals surface area contributed by atoms with E-state index in [0.717, 1.165) is 5.71 Å². The molecule has 0 aromatic rings. The highest BCUT2D eigenvalue weighted by atomic mass is 15.2. The van der Waals surface area contributed by atoms with Crippen molar-refractivity contribution in [3.05, 3.63) is 0 Å². The van der Waals surface area contributed by atoms with Crippen LogP contribution in [0.15, 0.2) is 10.2 Å². The highest BCUT2D eigenvalue weighted by molar-refractivity contribution is 5.82. The Hall–Kier alpha value is -0.860. The molecular formula is C5H11N3. The molecule has 0 aromatic heterocycles. The van der Waals surface area contributed by atoms with E-state index in [0.29, 0.717) is 5.84 Å². The first-order valence-electron chi connectivity index (χ1n) is 2.44. The zero-order chi connectivity index (χ0) is 6.57. The molecule has 0 heterocycles. The van der Waals surface area contributed by atoms with E-state index in [2.05, 4.69) is 10.2 Å². The van der Waals surface area contributed by atoms with Crippen LogP contribution in [0.5, 0.6) is 0 Å². The third-order valence-corrected chi connectivity index (χ3v) is 0.408. The topological polar surface area (TPSA) is 50.7 Å². The highest BCUT2D eigenvalue weighted by Gasteiger charge is 1.74. The van der Waals surface area contributed by atoms with Gasteiger partial charge >= 0.3 is 0 Å². The quantitative estimate of drug-likeness (QED) is 0.304. The fraction of sp³-hybridized carbons (Fsp3) is 0.600. The van der Waals surface area contributed by atoms with Gasteiger partial charge in [0.15, 0.2) is 0 Å². The lowest BCUT2D eigenvalue weighted by Crippen LogP contribution is -2.03. The van der Waals surface area contributed by atoms with Crippen molar-refractivity contribution in [2.24, 2.45) is 15.9 Å². The van der Waals surface area contributed by atoms with Crippen molar-refractivity contribution < 1.29 is 0 Å². The lowest BCUT2D eigenvalue weighted by atomic mass is 10.5. The van der Waals surface area contributed by atoms with Crippen LogP contribution in [0.1, 0.15) is 20.8 Å². The predicted octanol–water partition coefficient (Wildman–Crippen LogP) is 0.759. The minimum Gasteiger partial charge on any atom is -0.386 e. The Bertz CT molecular complexity index is 99.6. The second kappa shape index (κ2) is 3.18. The standard InChI is InChI=1S/C5H11N3/c1-4(2)7-8-5(3)6/h1-3H3,(H2,6,8). The Labute approximate surface area is 49.3 Å². The van der Waals surface area contributed by atoms with Crippen LogP contribution in [0.3, 0.4) is 0 Å². The number of nitrogens with two attached hydrogens (primary N) is 1. The largest absolute Gasteiger partial charge is 0.386 e. The van der Waals surface area contributed by atoms with Gasteiger partial charge in [-0.05, 0) is 20.8 Å². The summed E-state index contributed by atoms with van der Waals surface area (Å²) in [6.07, 6.45) is 0. The van der Waals surface area contributed by atoms with Crippen LogP contribution >= 0.6 is 0 Å². The number of hydrogen-bond acceptors (Lipinski definition) is 2. The van der Waals surface area contributed by atoms with Crippen LogP contribution in [0.25, 0.3) is 0 Å². The Kier molecular flexibility index (Phi) is 2.84. The summed E-state index contributed by atoms with van der Waals surface area (Å²) in [5, 5.41) is 7.31. The second-order valence-electron chi connectivity index (χ2n) is 1.79. The fourth-order valence-corrected chi connectivity index (χ4v) is 0.179. The Morgan fingerprint density at radius 1 is 1.12 bits per heavy atom. The maximum atomic E-state index is 5.18. The van der Waals surface area contributed by atoms with Crippen LogP contribution in [-0.4, -0.2) is 11.5 Å². The van der Waals surface area contributed by atoms with Crippen molar-refractivity contribution in [1.29, 1.82) is 0 Å². The Morgan fingerprint density at radius 2 is 1.62 bits per heavy atom. The van der Waals surface area contributed by atoms with Crippen LogP contribution in [0.2, 0.25) is 0 Å². The summed E-state index contributed by atoms with van der Waals surface area (Å²) in [4.78, 5) is 0. The molecule has 0 atom stereocenters. The molecule has 0 amide bonds. The van der Waals surface area contributed by atoms with Gasteiger partial charge in [-0.1, -0.05) is 0 Å². The predicted molar refractivity (Wildman–Crippen MR) is 36.1 cm³/mol. The molecule has 0 bridgehead atoms. The van der Waals surface area contributed by atoms with E-state index in [1.807, 2.05) is 13.8 Å². The van der Waals surface area contributed by atoms with Gasteiger partial charge in [-0.3, -0.25) is 0 Å². The van der Waals surface area contributed by atoms with Crippen LogP contribution < -0.4 is 5.73 Å². The molecule has 0 rings (SSSR count). The lowest BCUT2D eigenvalue weighted by Gasteiger charge is -1.83. The van der Waals surface area contributed by atoms with Crippen molar-refractivity contribution in [3.8, 4) is 0 Å². The smallest absolute Gasteiger partial charge is 0.119 e. The summed E-state index contributed by atoms with van der Waals surface area (Å²) in [5.41, 5.74) is 6.10. The van der Waals surface area contributed by atoms with Gasteiger partial charge in [-0.15, -0.1) is 5.10 Å². The van der Waals surface area contributed by atoms with Crippen molar-refractivity contribution in [2.75, 3.05) is 0 Å². The van der Waals surface area contributed by atoms with Gasteiger partial charge in [0.1, 0.15) is 5.84 Å². The van der Waals surface area contributed by atoms with E-state index in [4.69, 9.17) is 5.73 Å². The van der Waals surface area contributed by atoms with Crippen molar-refractivity contribution in [1.82, 2.24) is 0 Å². The van der Waals surface area contributed by atoms with Crippen LogP contribution in [0, 0.1) is 0 Å². The molecule has 2 N–H and O–H groups in total. The van der Waals surface area contributed by atoms with E-state index in [1.54, 1.807) is 6.92 Å². The van der Waals surface area contributed by atoms with Gasteiger partial charge < -0.3 is 5.73 Å². The molecule has 0 aliphatic carbocycles. The van der Waals surface area contributed by atoms with Gasteiger partial charge in [-0.2, -0.15) is 5.10 Å². The second-order valence-corrected chi connectivity index (χ2v) is 1.79. The molecule has 0 fully saturated rings. The van der Waals surface area contributed by atoms with Crippen molar-refractivity contribution >= 4 is 11.5 Å². The molecule has 0 aromatic carbocycles. The number of hydrogen-bond donors (Lipinski definition) is 1. The monoisotopic (exact) mass is 113 g/mol. The number of amidine groups is 1. The molecule has 0 saturated carbocycles. The summed E-state index contributed by atoms with van der Waals surface area (Å²) in [5.74, 6) is 0.492. The zero-order valence-electron chi connectivity index (χ0n) is 5.47. The summed E-state index contributed by atoms with van der Waals surface area (Å²) in [6, 6.07) is 0. The third kappa shape index (κ3) is 5.14. The molecule has 3 heteroatoms. The Morgan fingerprint density at radius 3 is 1.75 bits per heavy atom. The average molecular weight is 113 g/mol. The molecule has 0 unspecified atom stereocenters. The van der Waals surface area contributed by atoms with E-state index in [1.165, 1.54) is 0 Å². The lowest BCUT2D eigenvalue weighted by molar-refractivity contribution is 1.20.